The Bertz CT molecular complexity index is 236. The van der Waals surface area contributed by atoms with E-state index in [-0.39, 0.29) is 12.0 Å². The molecule has 1 fully saturated rings. The standard InChI is InChI=1S/C10H16O4/c1-10(2)13-5-7-8(11)3-4-12-9(7)6-14-10/h3-4,7-9,11H,5-6H2,1-2H3/t7-,8+,9+/m0/s1. The number of hydrogen-bond acceptors (Lipinski definition) is 4. The second-order valence-corrected chi connectivity index (χ2v) is 4.18. The van der Waals surface area contributed by atoms with Crippen molar-refractivity contribution >= 4 is 0 Å². The summed E-state index contributed by atoms with van der Waals surface area (Å²) in [5.74, 6) is -0.609. The largest absolute Gasteiger partial charge is 0.495 e. The molecule has 0 bridgehead atoms. The highest BCUT2D eigenvalue weighted by atomic mass is 16.7. The monoisotopic (exact) mass is 200 g/mol. The first-order valence-corrected chi connectivity index (χ1v) is 4.87. The molecule has 0 aromatic heterocycles. The van der Waals surface area contributed by atoms with E-state index in [0.717, 1.165) is 0 Å². The molecule has 2 aliphatic heterocycles. The molecule has 1 saturated heterocycles. The van der Waals surface area contributed by atoms with E-state index in [1.54, 1.807) is 6.08 Å². The third-order valence-electron chi connectivity index (χ3n) is 2.66. The molecule has 0 amide bonds. The van der Waals surface area contributed by atoms with E-state index in [1.807, 2.05) is 13.8 Å². The fourth-order valence-corrected chi connectivity index (χ4v) is 1.68. The van der Waals surface area contributed by atoms with Gasteiger partial charge in [-0.3, -0.25) is 0 Å². The van der Waals surface area contributed by atoms with Crippen LogP contribution >= 0.6 is 0 Å². The fourth-order valence-electron chi connectivity index (χ4n) is 1.68. The molecule has 0 saturated carbocycles. The summed E-state index contributed by atoms with van der Waals surface area (Å²) in [6.07, 6.45) is 2.58. The summed E-state index contributed by atoms with van der Waals surface area (Å²) in [6, 6.07) is 0. The van der Waals surface area contributed by atoms with E-state index < -0.39 is 11.9 Å². The van der Waals surface area contributed by atoms with E-state index in [0.29, 0.717) is 13.2 Å². The van der Waals surface area contributed by atoms with Crippen molar-refractivity contribution < 1.29 is 19.3 Å². The molecule has 3 atom stereocenters. The molecule has 4 nitrogen and oxygen atoms in total. The molecule has 14 heavy (non-hydrogen) atoms. The molecular weight excluding hydrogens is 184 g/mol. The molecular formula is C10H16O4. The second-order valence-electron chi connectivity index (χ2n) is 4.18. The highest BCUT2D eigenvalue weighted by molar-refractivity contribution is 4.97. The Morgan fingerprint density at radius 1 is 1.29 bits per heavy atom. The van der Waals surface area contributed by atoms with E-state index in [4.69, 9.17) is 14.2 Å². The molecule has 0 unspecified atom stereocenters. The molecule has 0 spiro atoms. The van der Waals surface area contributed by atoms with Gasteiger partial charge in [-0.05, 0) is 19.9 Å². The Balaban J connectivity index is 2.09. The summed E-state index contributed by atoms with van der Waals surface area (Å²) >= 11 is 0. The van der Waals surface area contributed by atoms with Gasteiger partial charge in [-0.2, -0.15) is 0 Å². The van der Waals surface area contributed by atoms with Crippen molar-refractivity contribution in [3.05, 3.63) is 12.3 Å². The Kier molecular flexibility index (Phi) is 2.51. The van der Waals surface area contributed by atoms with Crippen LogP contribution in [-0.4, -0.2) is 36.3 Å². The van der Waals surface area contributed by atoms with Gasteiger partial charge < -0.3 is 19.3 Å². The van der Waals surface area contributed by atoms with Gasteiger partial charge in [0.15, 0.2) is 5.79 Å². The lowest BCUT2D eigenvalue weighted by Crippen LogP contribution is -2.38. The first-order valence-electron chi connectivity index (χ1n) is 4.87. The van der Waals surface area contributed by atoms with Crippen LogP contribution in [-0.2, 0) is 14.2 Å². The van der Waals surface area contributed by atoms with Crippen molar-refractivity contribution in [1.82, 2.24) is 0 Å². The van der Waals surface area contributed by atoms with Crippen LogP contribution in [0.2, 0.25) is 0 Å². The summed E-state index contributed by atoms with van der Waals surface area (Å²) in [4.78, 5) is 0. The maximum Gasteiger partial charge on any atom is 0.162 e. The van der Waals surface area contributed by atoms with Crippen LogP contribution in [0.1, 0.15) is 13.8 Å². The zero-order chi connectivity index (χ0) is 10.2. The summed E-state index contributed by atoms with van der Waals surface area (Å²) in [5, 5.41) is 9.70. The Morgan fingerprint density at radius 3 is 2.79 bits per heavy atom. The minimum atomic E-state index is -0.583. The van der Waals surface area contributed by atoms with Gasteiger partial charge in [0.1, 0.15) is 6.10 Å². The van der Waals surface area contributed by atoms with Gasteiger partial charge in [-0.15, -0.1) is 0 Å². The van der Waals surface area contributed by atoms with Crippen LogP contribution < -0.4 is 0 Å². The summed E-state index contributed by atoms with van der Waals surface area (Å²) in [5.41, 5.74) is 0. The maximum atomic E-state index is 9.70. The normalized spacial score (nSPS) is 40.9. The average Bonchev–Trinajstić information content (AvgIpc) is 2.27. The number of ether oxygens (including phenoxy) is 3. The molecule has 0 aliphatic carbocycles. The molecule has 0 aromatic carbocycles. The van der Waals surface area contributed by atoms with Crippen LogP contribution in [0.5, 0.6) is 0 Å². The number of aliphatic hydroxyl groups excluding tert-OH is 1. The number of fused-ring (bicyclic) bond motifs is 1. The quantitative estimate of drug-likeness (QED) is 0.624. The van der Waals surface area contributed by atoms with Crippen LogP contribution in [0.15, 0.2) is 12.3 Å². The zero-order valence-corrected chi connectivity index (χ0v) is 8.47. The van der Waals surface area contributed by atoms with Crippen molar-refractivity contribution in [2.24, 2.45) is 5.92 Å². The third kappa shape index (κ3) is 1.92. The van der Waals surface area contributed by atoms with Gasteiger partial charge >= 0.3 is 0 Å². The molecule has 80 valence electrons. The van der Waals surface area contributed by atoms with E-state index in [1.165, 1.54) is 6.26 Å². The van der Waals surface area contributed by atoms with Crippen molar-refractivity contribution in [3.63, 3.8) is 0 Å². The molecule has 1 N–H and O–H groups in total. The van der Waals surface area contributed by atoms with Gasteiger partial charge in [-0.1, -0.05) is 0 Å². The van der Waals surface area contributed by atoms with Crippen molar-refractivity contribution in [2.75, 3.05) is 13.2 Å². The molecule has 2 rings (SSSR count). The zero-order valence-electron chi connectivity index (χ0n) is 8.47. The van der Waals surface area contributed by atoms with Gasteiger partial charge in [0.05, 0.1) is 31.5 Å². The lowest BCUT2D eigenvalue weighted by molar-refractivity contribution is -0.204. The Labute approximate surface area is 83.5 Å². The average molecular weight is 200 g/mol. The highest BCUT2D eigenvalue weighted by Gasteiger charge is 2.37. The van der Waals surface area contributed by atoms with Crippen LogP contribution in [0.25, 0.3) is 0 Å². The summed E-state index contributed by atoms with van der Waals surface area (Å²) in [7, 11) is 0. The molecule has 2 aliphatic rings. The first-order chi connectivity index (χ1) is 6.58. The lowest BCUT2D eigenvalue weighted by Gasteiger charge is -2.29. The van der Waals surface area contributed by atoms with Crippen molar-refractivity contribution in [3.8, 4) is 0 Å². The number of hydrogen-bond donors (Lipinski definition) is 1. The minimum absolute atomic E-state index is 0.0261. The maximum absolute atomic E-state index is 9.70. The highest BCUT2D eigenvalue weighted by Crippen LogP contribution is 2.27. The van der Waals surface area contributed by atoms with Crippen LogP contribution in [0, 0.1) is 5.92 Å². The van der Waals surface area contributed by atoms with Crippen LogP contribution in [0.3, 0.4) is 0 Å². The predicted octanol–water partition coefficient (Wildman–Crippen LogP) is 0.659. The van der Waals surface area contributed by atoms with E-state index in [9.17, 15) is 5.11 Å². The SMILES string of the molecule is CC1(C)OC[C@H]2[C@H](O)C=CO[C@@H]2CO1. The lowest BCUT2D eigenvalue weighted by atomic mass is 9.95. The Hall–Kier alpha value is -0.580. The van der Waals surface area contributed by atoms with Crippen molar-refractivity contribution in [1.29, 1.82) is 0 Å². The topological polar surface area (TPSA) is 47.9 Å². The van der Waals surface area contributed by atoms with Gasteiger partial charge in [-0.25, -0.2) is 0 Å². The molecule has 4 heteroatoms. The van der Waals surface area contributed by atoms with Crippen molar-refractivity contribution in [2.45, 2.75) is 31.8 Å². The summed E-state index contributed by atoms with van der Waals surface area (Å²) < 4.78 is 16.4. The number of rotatable bonds is 0. The second kappa shape index (κ2) is 3.53. The Morgan fingerprint density at radius 2 is 2.00 bits per heavy atom. The smallest absolute Gasteiger partial charge is 0.162 e. The summed E-state index contributed by atoms with van der Waals surface area (Å²) in [6.45, 7) is 4.65. The molecule has 2 heterocycles. The van der Waals surface area contributed by atoms with Gasteiger partial charge in [0.25, 0.3) is 0 Å². The van der Waals surface area contributed by atoms with E-state index in [2.05, 4.69) is 0 Å². The first kappa shape index (κ1) is 9.96. The molecule has 0 radical (unpaired) electrons. The van der Waals surface area contributed by atoms with Gasteiger partial charge in [0.2, 0.25) is 0 Å². The van der Waals surface area contributed by atoms with Gasteiger partial charge in [0, 0.05) is 0 Å². The molecule has 0 aromatic rings. The minimum Gasteiger partial charge on any atom is -0.495 e. The third-order valence-corrected chi connectivity index (χ3v) is 2.66. The fraction of sp³-hybridized carbons (Fsp3) is 0.800. The van der Waals surface area contributed by atoms with Crippen LogP contribution in [0.4, 0.5) is 0 Å². The number of aliphatic hydroxyl groups is 1. The van der Waals surface area contributed by atoms with E-state index >= 15 is 0 Å². The predicted molar refractivity (Wildman–Crippen MR) is 49.5 cm³/mol.